The van der Waals surface area contributed by atoms with Crippen molar-refractivity contribution >= 4 is 45.2 Å². The van der Waals surface area contributed by atoms with Gasteiger partial charge in [0.2, 0.25) is 0 Å². The van der Waals surface area contributed by atoms with Gasteiger partial charge >= 0.3 is 6.03 Å². The summed E-state index contributed by atoms with van der Waals surface area (Å²) in [7, 11) is 0. The smallest absolute Gasteiger partial charge is 0.328 e. The SMILES string of the molecule is O=C1CNC(=O)N1c1ccc(Cl)cc1Br. The Hall–Kier alpha value is -1.07. The lowest BCUT2D eigenvalue weighted by atomic mass is 10.3. The van der Waals surface area contributed by atoms with Gasteiger partial charge in [0, 0.05) is 9.50 Å². The maximum atomic E-state index is 11.4. The van der Waals surface area contributed by atoms with Gasteiger partial charge in [0.25, 0.3) is 5.91 Å². The van der Waals surface area contributed by atoms with Crippen LogP contribution in [0.1, 0.15) is 0 Å². The molecule has 1 N–H and O–H groups in total. The average Bonchev–Trinajstić information content (AvgIpc) is 2.48. The zero-order chi connectivity index (χ0) is 11.0. The number of carbonyl (C=O) groups is 2. The van der Waals surface area contributed by atoms with Crippen LogP contribution < -0.4 is 10.2 Å². The van der Waals surface area contributed by atoms with E-state index in [2.05, 4.69) is 21.2 Å². The summed E-state index contributed by atoms with van der Waals surface area (Å²) in [6, 6.07) is 4.47. The minimum absolute atomic E-state index is 0.0356. The largest absolute Gasteiger partial charge is 0.329 e. The fraction of sp³-hybridized carbons (Fsp3) is 0.111. The molecule has 78 valence electrons. The molecule has 0 saturated carbocycles. The van der Waals surface area contributed by atoms with Crippen LogP contribution in [0.4, 0.5) is 10.5 Å². The molecule has 0 radical (unpaired) electrons. The van der Waals surface area contributed by atoms with Crippen molar-refractivity contribution in [2.45, 2.75) is 0 Å². The van der Waals surface area contributed by atoms with E-state index in [1.165, 1.54) is 0 Å². The molecular formula is C9H6BrClN2O2. The van der Waals surface area contributed by atoms with Crippen molar-refractivity contribution in [3.63, 3.8) is 0 Å². The molecule has 1 aliphatic rings. The summed E-state index contributed by atoms with van der Waals surface area (Å²) in [4.78, 5) is 23.9. The molecule has 1 heterocycles. The van der Waals surface area contributed by atoms with Crippen LogP contribution in [0.5, 0.6) is 0 Å². The van der Waals surface area contributed by atoms with Crippen molar-refractivity contribution in [2.24, 2.45) is 0 Å². The lowest BCUT2D eigenvalue weighted by molar-refractivity contribution is -0.115. The van der Waals surface area contributed by atoms with Gasteiger partial charge in [-0.15, -0.1) is 0 Å². The number of rotatable bonds is 1. The van der Waals surface area contributed by atoms with E-state index in [9.17, 15) is 9.59 Å². The summed E-state index contributed by atoms with van der Waals surface area (Å²) in [5.41, 5.74) is 0.499. The Balaban J connectivity index is 2.45. The van der Waals surface area contributed by atoms with Gasteiger partial charge in [-0.05, 0) is 34.1 Å². The van der Waals surface area contributed by atoms with E-state index < -0.39 is 6.03 Å². The van der Waals surface area contributed by atoms with Crippen LogP contribution in [0.2, 0.25) is 5.02 Å². The van der Waals surface area contributed by atoms with E-state index in [0.717, 1.165) is 4.90 Å². The maximum Gasteiger partial charge on any atom is 0.329 e. The highest BCUT2D eigenvalue weighted by atomic mass is 79.9. The van der Waals surface area contributed by atoms with Crippen LogP contribution in [-0.2, 0) is 4.79 Å². The van der Waals surface area contributed by atoms with Crippen LogP contribution in [0.3, 0.4) is 0 Å². The summed E-state index contributed by atoms with van der Waals surface area (Å²) >= 11 is 9.02. The number of urea groups is 1. The second-order valence-corrected chi connectivity index (χ2v) is 4.27. The van der Waals surface area contributed by atoms with Gasteiger partial charge in [0.05, 0.1) is 12.2 Å². The number of benzene rings is 1. The molecule has 0 spiro atoms. The molecule has 1 aliphatic heterocycles. The van der Waals surface area contributed by atoms with E-state index in [4.69, 9.17) is 11.6 Å². The van der Waals surface area contributed by atoms with Crippen molar-refractivity contribution in [3.8, 4) is 0 Å². The van der Waals surface area contributed by atoms with Crippen LogP contribution in [0.15, 0.2) is 22.7 Å². The molecule has 1 aromatic rings. The predicted molar refractivity (Wildman–Crippen MR) is 60.0 cm³/mol. The third-order valence-electron chi connectivity index (χ3n) is 1.99. The summed E-state index contributed by atoms with van der Waals surface area (Å²) in [6.07, 6.45) is 0. The topological polar surface area (TPSA) is 49.4 Å². The standard InChI is InChI=1S/C9H6BrClN2O2/c10-6-3-5(11)1-2-7(6)13-8(14)4-12-9(13)15/h1-3H,4H2,(H,12,15). The van der Waals surface area contributed by atoms with Gasteiger partial charge in [-0.2, -0.15) is 0 Å². The molecule has 0 atom stereocenters. The van der Waals surface area contributed by atoms with E-state index >= 15 is 0 Å². The molecule has 2 rings (SSSR count). The molecule has 15 heavy (non-hydrogen) atoms. The fourth-order valence-electron chi connectivity index (χ4n) is 1.33. The molecule has 0 aliphatic carbocycles. The number of imide groups is 1. The van der Waals surface area contributed by atoms with Crippen molar-refractivity contribution in [1.82, 2.24) is 5.32 Å². The molecule has 1 aromatic carbocycles. The second-order valence-electron chi connectivity index (χ2n) is 2.98. The Bertz CT molecular complexity index is 434. The Labute approximate surface area is 99.3 Å². The lowest BCUT2D eigenvalue weighted by Gasteiger charge is -2.14. The number of hydrogen-bond donors (Lipinski definition) is 1. The van der Waals surface area contributed by atoms with Crippen LogP contribution in [0.25, 0.3) is 0 Å². The Morgan fingerprint density at radius 2 is 2.13 bits per heavy atom. The number of halogens is 2. The van der Waals surface area contributed by atoms with Gasteiger partial charge < -0.3 is 5.32 Å². The maximum absolute atomic E-state index is 11.4. The number of carbonyl (C=O) groups excluding carboxylic acids is 2. The van der Waals surface area contributed by atoms with Gasteiger partial charge in [-0.1, -0.05) is 11.6 Å². The Kier molecular flexibility index (Phi) is 2.67. The third-order valence-corrected chi connectivity index (χ3v) is 2.86. The zero-order valence-corrected chi connectivity index (χ0v) is 9.80. The summed E-state index contributed by atoms with van der Waals surface area (Å²) in [5.74, 6) is -0.275. The zero-order valence-electron chi connectivity index (χ0n) is 7.46. The van der Waals surface area contributed by atoms with Gasteiger partial charge in [0.15, 0.2) is 0 Å². The monoisotopic (exact) mass is 288 g/mol. The normalized spacial score (nSPS) is 15.7. The average molecular weight is 290 g/mol. The quantitative estimate of drug-likeness (QED) is 0.806. The fourth-order valence-corrected chi connectivity index (χ4v) is 2.19. The first-order valence-electron chi connectivity index (χ1n) is 4.15. The number of nitrogens with zero attached hydrogens (tertiary/aromatic N) is 1. The second kappa shape index (κ2) is 3.83. The minimum atomic E-state index is -0.414. The van der Waals surface area contributed by atoms with E-state index in [0.29, 0.717) is 15.2 Å². The van der Waals surface area contributed by atoms with Crippen LogP contribution in [-0.4, -0.2) is 18.5 Å². The van der Waals surface area contributed by atoms with E-state index in [-0.39, 0.29) is 12.5 Å². The van der Waals surface area contributed by atoms with Crippen LogP contribution in [0, 0.1) is 0 Å². The summed E-state index contributed by atoms with van der Waals surface area (Å²) < 4.78 is 0.611. The third kappa shape index (κ3) is 1.85. The van der Waals surface area contributed by atoms with Crippen molar-refractivity contribution in [1.29, 1.82) is 0 Å². The van der Waals surface area contributed by atoms with E-state index in [1.807, 2.05) is 0 Å². The van der Waals surface area contributed by atoms with Crippen molar-refractivity contribution in [2.75, 3.05) is 11.4 Å². The van der Waals surface area contributed by atoms with Gasteiger partial charge in [-0.25, -0.2) is 9.69 Å². The van der Waals surface area contributed by atoms with Crippen LogP contribution >= 0.6 is 27.5 Å². The first-order chi connectivity index (χ1) is 7.09. The number of nitrogens with one attached hydrogen (secondary N) is 1. The summed E-state index contributed by atoms with van der Waals surface area (Å²) in [5, 5.41) is 2.98. The Morgan fingerprint density at radius 1 is 1.40 bits per heavy atom. The predicted octanol–water partition coefficient (Wildman–Crippen LogP) is 2.16. The number of anilines is 1. The highest BCUT2D eigenvalue weighted by molar-refractivity contribution is 9.10. The highest BCUT2D eigenvalue weighted by Gasteiger charge is 2.31. The molecule has 0 unspecified atom stereocenters. The molecule has 0 aromatic heterocycles. The molecule has 1 saturated heterocycles. The first-order valence-corrected chi connectivity index (χ1v) is 5.32. The molecule has 4 nitrogen and oxygen atoms in total. The lowest BCUT2D eigenvalue weighted by Crippen LogP contribution is -2.30. The van der Waals surface area contributed by atoms with Gasteiger partial charge in [-0.3, -0.25) is 4.79 Å². The van der Waals surface area contributed by atoms with Crippen molar-refractivity contribution in [3.05, 3.63) is 27.7 Å². The highest BCUT2D eigenvalue weighted by Crippen LogP contribution is 2.30. The molecule has 0 bridgehead atoms. The molecular weight excluding hydrogens is 283 g/mol. The van der Waals surface area contributed by atoms with Crippen molar-refractivity contribution < 1.29 is 9.59 Å². The number of amides is 3. The molecule has 3 amide bonds. The van der Waals surface area contributed by atoms with E-state index in [1.54, 1.807) is 18.2 Å². The van der Waals surface area contributed by atoms with Gasteiger partial charge in [0.1, 0.15) is 0 Å². The first kappa shape index (κ1) is 10.4. The number of hydrogen-bond acceptors (Lipinski definition) is 2. The minimum Gasteiger partial charge on any atom is -0.328 e. The Morgan fingerprint density at radius 3 is 2.67 bits per heavy atom. The molecule has 1 fully saturated rings. The molecule has 6 heteroatoms. The summed E-state index contributed by atoms with van der Waals surface area (Å²) in [6.45, 7) is 0.0356.